The van der Waals surface area contributed by atoms with E-state index in [2.05, 4.69) is 5.32 Å². The van der Waals surface area contributed by atoms with Crippen LogP contribution < -0.4 is 5.32 Å². The van der Waals surface area contributed by atoms with Crippen molar-refractivity contribution < 1.29 is 19.2 Å². The molecule has 0 bridgehead atoms. The van der Waals surface area contributed by atoms with Crippen molar-refractivity contribution in [2.75, 3.05) is 11.9 Å². The first-order chi connectivity index (χ1) is 7.95. The highest BCUT2D eigenvalue weighted by Crippen LogP contribution is 2.34. The second-order valence-corrected chi connectivity index (χ2v) is 4.02. The molecule has 1 amide bonds. The van der Waals surface area contributed by atoms with Crippen molar-refractivity contribution in [2.24, 2.45) is 0 Å². The quantitative estimate of drug-likeness (QED) is 0.504. The topological polar surface area (TPSA) is 98.5 Å². The van der Waals surface area contributed by atoms with E-state index < -0.39 is 16.8 Å². The molecule has 0 aliphatic heterocycles. The van der Waals surface area contributed by atoms with E-state index in [0.717, 1.165) is 17.4 Å². The Balaban J connectivity index is 3.11. The van der Waals surface area contributed by atoms with Crippen molar-refractivity contribution in [1.82, 2.24) is 0 Å². The summed E-state index contributed by atoms with van der Waals surface area (Å²) in [4.78, 5) is 32.3. The number of nitrogens with zero attached hydrogens (tertiary/aromatic N) is 1. The average Bonchev–Trinajstić information content (AvgIpc) is 2.61. The highest BCUT2D eigenvalue weighted by molar-refractivity contribution is 7.19. The van der Waals surface area contributed by atoms with Gasteiger partial charge in [0.15, 0.2) is 0 Å². The fourth-order valence-corrected chi connectivity index (χ4v) is 1.99. The van der Waals surface area contributed by atoms with Gasteiger partial charge in [-0.2, -0.15) is 0 Å². The summed E-state index contributed by atoms with van der Waals surface area (Å²) >= 11 is 0.718. The molecule has 0 radical (unpaired) electrons. The normalized spacial score (nSPS) is 9.76. The summed E-state index contributed by atoms with van der Waals surface area (Å²) in [5.41, 5.74) is -0.00116. The third kappa shape index (κ3) is 3.25. The Bertz CT molecular complexity index is 468. The SMILES string of the molecule is CCOC(=O)c1cc([N+](=O)[O-])sc1NC(C)=O. The van der Waals surface area contributed by atoms with E-state index in [4.69, 9.17) is 4.74 Å². The minimum atomic E-state index is -0.694. The van der Waals surface area contributed by atoms with Crippen LogP contribution in [0.2, 0.25) is 0 Å². The van der Waals surface area contributed by atoms with Gasteiger partial charge in [-0.15, -0.1) is 0 Å². The summed E-state index contributed by atoms with van der Waals surface area (Å²) in [7, 11) is 0. The molecule has 0 saturated carbocycles. The van der Waals surface area contributed by atoms with Crippen LogP contribution >= 0.6 is 11.3 Å². The summed E-state index contributed by atoms with van der Waals surface area (Å²) in [6.07, 6.45) is 0. The van der Waals surface area contributed by atoms with Gasteiger partial charge in [0.05, 0.1) is 11.5 Å². The van der Waals surface area contributed by atoms with Gasteiger partial charge in [0.1, 0.15) is 10.6 Å². The molecule has 1 aromatic heterocycles. The number of rotatable bonds is 4. The summed E-state index contributed by atoms with van der Waals surface area (Å²) in [6.45, 7) is 3.03. The first-order valence-electron chi connectivity index (χ1n) is 4.68. The van der Waals surface area contributed by atoms with Crippen LogP contribution in [0.15, 0.2) is 6.07 Å². The van der Waals surface area contributed by atoms with E-state index in [1.54, 1.807) is 6.92 Å². The lowest BCUT2D eigenvalue weighted by atomic mass is 10.3. The molecule has 0 spiro atoms. The van der Waals surface area contributed by atoms with Gasteiger partial charge in [0, 0.05) is 13.0 Å². The van der Waals surface area contributed by atoms with E-state index in [0.29, 0.717) is 0 Å². The van der Waals surface area contributed by atoms with Gasteiger partial charge >= 0.3 is 11.0 Å². The van der Waals surface area contributed by atoms with E-state index in [1.165, 1.54) is 6.92 Å². The third-order valence-electron chi connectivity index (χ3n) is 1.68. The second kappa shape index (κ2) is 5.39. The van der Waals surface area contributed by atoms with Crippen LogP contribution in [0, 0.1) is 10.1 Å². The molecule has 0 unspecified atom stereocenters. The monoisotopic (exact) mass is 258 g/mol. The zero-order valence-corrected chi connectivity index (χ0v) is 10.00. The van der Waals surface area contributed by atoms with Crippen LogP contribution in [0.4, 0.5) is 10.0 Å². The van der Waals surface area contributed by atoms with Crippen molar-refractivity contribution in [3.63, 3.8) is 0 Å². The van der Waals surface area contributed by atoms with Crippen molar-refractivity contribution in [3.8, 4) is 0 Å². The summed E-state index contributed by atoms with van der Waals surface area (Å²) < 4.78 is 4.74. The van der Waals surface area contributed by atoms with E-state index in [9.17, 15) is 19.7 Å². The van der Waals surface area contributed by atoms with Crippen LogP contribution in [-0.4, -0.2) is 23.4 Å². The van der Waals surface area contributed by atoms with Crippen LogP contribution in [0.3, 0.4) is 0 Å². The zero-order valence-electron chi connectivity index (χ0n) is 9.18. The molecule has 1 aromatic rings. The number of carbonyl (C=O) groups is 2. The Kier molecular flexibility index (Phi) is 4.16. The number of hydrogen-bond acceptors (Lipinski definition) is 6. The molecule has 0 aromatic carbocycles. The molecule has 17 heavy (non-hydrogen) atoms. The molecular formula is C9H10N2O5S. The Hall–Kier alpha value is -1.96. The Morgan fingerprint density at radius 2 is 2.24 bits per heavy atom. The van der Waals surface area contributed by atoms with Gasteiger partial charge in [-0.05, 0) is 18.3 Å². The predicted octanol–water partition coefficient (Wildman–Crippen LogP) is 1.79. The Morgan fingerprint density at radius 3 is 2.71 bits per heavy atom. The molecule has 92 valence electrons. The van der Waals surface area contributed by atoms with E-state index in [1.807, 2.05) is 0 Å². The molecule has 0 aliphatic rings. The average molecular weight is 258 g/mol. The first kappa shape index (κ1) is 13.1. The smallest absolute Gasteiger partial charge is 0.341 e. The maximum atomic E-state index is 11.5. The lowest BCUT2D eigenvalue weighted by Gasteiger charge is -2.02. The number of nitro groups is 1. The lowest BCUT2D eigenvalue weighted by Crippen LogP contribution is -2.10. The van der Waals surface area contributed by atoms with E-state index in [-0.39, 0.29) is 22.2 Å². The highest BCUT2D eigenvalue weighted by atomic mass is 32.1. The largest absolute Gasteiger partial charge is 0.462 e. The fraction of sp³-hybridized carbons (Fsp3) is 0.333. The maximum absolute atomic E-state index is 11.5. The molecule has 0 atom stereocenters. The lowest BCUT2D eigenvalue weighted by molar-refractivity contribution is -0.380. The number of nitrogens with one attached hydrogen (secondary N) is 1. The molecule has 0 aliphatic carbocycles. The number of ether oxygens (including phenoxy) is 1. The number of anilines is 1. The van der Waals surface area contributed by atoms with Crippen molar-refractivity contribution in [3.05, 3.63) is 21.7 Å². The summed E-state index contributed by atoms with van der Waals surface area (Å²) in [5.74, 6) is -1.10. The number of esters is 1. The zero-order chi connectivity index (χ0) is 13.0. The number of amides is 1. The van der Waals surface area contributed by atoms with Gasteiger partial charge in [-0.3, -0.25) is 14.9 Å². The number of carbonyl (C=O) groups excluding carboxylic acids is 2. The third-order valence-corrected chi connectivity index (χ3v) is 2.69. The van der Waals surface area contributed by atoms with Crippen molar-refractivity contribution in [2.45, 2.75) is 13.8 Å². The van der Waals surface area contributed by atoms with Crippen molar-refractivity contribution >= 4 is 33.2 Å². The Labute approximate surface area is 101 Å². The van der Waals surface area contributed by atoms with E-state index >= 15 is 0 Å². The molecular weight excluding hydrogens is 248 g/mol. The van der Waals surface area contributed by atoms with Gasteiger partial charge < -0.3 is 10.1 Å². The van der Waals surface area contributed by atoms with Crippen LogP contribution in [0.5, 0.6) is 0 Å². The molecule has 1 heterocycles. The van der Waals surface area contributed by atoms with Crippen LogP contribution in [0.25, 0.3) is 0 Å². The highest BCUT2D eigenvalue weighted by Gasteiger charge is 2.23. The maximum Gasteiger partial charge on any atom is 0.341 e. The van der Waals surface area contributed by atoms with Gasteiger partial charge in [0.25, 0.3) is 0 Å². The van der Waals surface area contributed by atoms with Gasteiger partial charge in [-0.1, -0.05) is 0 Å². The molecule has 8 heteroatoms. The molecule has 1 rings (SSSR count). The minimum absolute atomic E-state index is 0.00116. The number of thiophene rings is 1. The number of hydrogen-bond donors (Lipinski definition) is 1. The van der Waals surface area contributed by atoms with Crippen LogP contribution in [0.1, 0.15) is 24.2 Å². The fourth-order valence-electron chi connectivity index (χ4n) is 1.08. The predicted molar refractivity (Wildman–Crippen MR) is 61.2 cm³/mol. The molecule has 0 saturated heterocycles. The van der Waals surface area contributed by atoms with Crippen LogP contribution in [-0.2, 0) is 9.53 Å². The van der Waals surface area contributed by atoms with Crippen molar-refractivity contribution in [1.29, 1.82) is 0 Å². The molecule has 7 nitrogen and oxygen atoms in total. The molecule has 1 N–H and O–H groups in total. The summed E-state index contributed by atoms with van der Waals surface area (Å²) in [5, 5.41) is 12.8. The van der Waals surface area contributed by atoms with Gasteiger partial charge in [-0.25, -0.2) is 4.79 Å². The van der Waals surface area contributed by atoms with Gasteiger partial charge in [0.2, 0.25) is 5.91 Å². The summed E-state index contributed by atoms with van der Waals surface area (Å²) in [6, 6.07) is 1.09. The second-order valence-electron chi connectivity index (χ2n) is 2.99. The first-order valence-corrected chi connectivity index (χ1v) is 5.50. The molecule has 0 fully saturated rings. The minimum Gasteiger partial charge on any atom is -0.462 e. The standard InChI is InChI=1S/C9H10N2O5S/c1-3-16-9(13)6-4-7(11(14)15)17-8(6)10-5(2)12/h4H,3H2,1-2H3,(H,10,12). The Morgan fingerprint density at radius 1 is 1.59 bits per heavy atom.